The highest BCUT2D eigenvalue weighted by atomic mass is 19.4. The Bertz CT molecular complexity index is 678. The molecule has 0 aromatic heterocycles. The van der Waals surface area contributed by atoms with Gasteiger partial charge in [0.2, 0.25) is 0 Å². The number of halogens is 3. The maximum absolute atomic E-state index is 13.3. The van der Waals surface area contributed by atoms with Gasteiger partial charge in [0.1, 0.15) is 0 Å². The summed E-state index contributed by atoms with van der Waals surface area (Å²) < 4.78 is 39.9. The Morgan fingerprint density at radius 2 is 1.11 bits per heavy atom. The molecule has 0 amide bonds. The molecule has 18 heavy (non-hydrogen) atoms. The van der Waals surface area contributed by atoms with Crippen LogP contribution in [0.4, 0.5) is 12.9 Å². The lowest BCUT2D eigenvalue weighted by Crippen LogP contribution is -2.35. The predicted octanol–water partition coefficient (Wildman–Crippen LogP) is 4.05. The first-order valence-corrected chi connectivity index (χ1v) is 5.68. The van der Waals surface area contributed by atoms with Gasteiger partial charge in [0.15, 0.2) is 0 Å². The lowest BCUT2D eigenvalue weighted by atomic mass is 9.74. The topological polar surface area (TPSA) is 0 Å². The minimum absolute atomic E-state index is 0.281. The summed E-state index contributed by atoms with van der Waals surface area (Å²) in [4.78, 5) is 0. The third kappa shape index (κ3) is 1.65. The molecular formula is C14H9BF3-. The van der Waals surface area contributed by atoms with Gasteiger partial charge in [0.05, 0.1) is 0 Å². The number of fused-ring (bicyclic) bond motifs is 2. The Labute approximate surface area is 102 Å². The normalized spacial score (nSPS) is 12.2. The van der Waals surface area contributed by atoms with E-state index in [-0.39, 0.29) is 10.8 Å². The van der Waals surface area contributed by atoms with Crippen molar-refractivity contribution in [3.63, 3.8) is 0 Å². The van der Waals surface area contributed by atoms with Crippen molar-refractivity contribution < 1.29 is 12.9 Å². The van der Waals surface area contributed by atoms with E-state index in [9.17, 15) is 12.9 Å². The molecular weight excluding hydrogens is 236 g/mol. The van der Waals surface area contributed by atoms with Crippen molar-refractivity contribution in [1.29, 1.82) is 0 Å². The first kappa shape index (κ1) is 11.1. The van der Waals surface area contributed by atoms with Gasteiger partial charge in [0.25, 0.3) is 0 Å². The highest BCUT2D eigenvalue weighted by molar-refractivity contribution is 6.78. The smallest absolute Gasteiger partial charge is 0.445 e. The molecule has 0 radical (unpaired) electrons. The molecule has 0 unspecified atom stereocenters. The summed E-state index contributed by atoms with van der Waals surface area (Å²) in [5, 5.41) is 1.82. The average Bonchev–Trinajstić information content (AvgIpc) is 2.34. The highest BCUT2D eigenvalue weighted by Crippen LogP contribution is 2.25. The number of rotatable bonds is 1. The predicted molar refractivity (Wildman–Crippen MR) is 70.2 cm³/mol. The molecule has 3 rings (SSSR count). The Kier molecular flexibility index (Phi) is 2.33. The van der Waals surface area contributed by atoms with Crippen LogP contribution in [0.5, 0.6) is 0 Å². The van der Waals surface area contributed by atoms with Crippen molar-refractivity contribution >= 4 is 34.0 Å². The molecule has 0 bridgehead atoms. The van der Waals surface area contributed by atoms with E-state index < -0.39 is 12.4 Å². The summed E-state index contributed by atoms with van der Waals surface area (Å²) in [7, 11) is 0. The van der Waals surface area contributed by atoms with Crippen LogP contribution in [0.15, 0.2) is 54.6 Å². The molecule has 0 atom stereocenters. The van der Waals surface area contributed by atoms with Gasteiger partial charge in [-0.15, -0.1) is 0 Å². The van der Waals surface area contributed by atoms with Crippen LogP contribution in [0.3, 0.4) is 0 Å². The summed E-state index contributed by atoms with van der Waals surface area (Å²) in [6, 6.07) is 15.1. The minimum atomic E-state index is -5.03. The van der Waals surface area contributed by atoms with Crippen LogP contribution in [-0.2, 0) is 0 Å². The van der Waals surface area contributed by atoms with E-state index in [0.717, 1.165) is 0 Å². The van der Waals surface area contributed by atoms with E-state index in [1.807, 2.05) is 0 Å². The summed E-state index contributed by atoms with van der Waals surface area (Å²) in [6.07, 6.45) is 0. The Morgan fingerprint density at radius 1 is 0.667 bits per heavy atom. The van der Waals surface area contributed by atoms with E-state index >= 15 is 0 Å². The monoisotopic (exact) mass is 245 g/mol. The molecule has 0 saturated heterocycles. The molecule has 3 aromatic rings. The van der Waals surface area contributed by atoms with Crippen LogP contribution < -0.4 is 5.46 Å². The zero-order chi connectivity index (χ0) is 12.8. The fourth-order valence-corrected chi connectivity index (χ4v) is 2.40. The van der Waals surface area contributed by atoms with Crippen LogP contribution in [0, 0.1) is 0 Å². The van der Waals surface area contributed by atoms with Gasteiger partial charge < -0.3 is 12.9 Å². The van der Waals surface area contributed by atoms with Crippen molar-refractivity contribution in [2.75, 3.05) is 0 Å². The Hall–Kier alpha value is -1.97. The summed E-state index contributed by atoms with van der Waals surface area (Å²) in [6.45, 7) is -5.03. The van der Waals surface area contributed by atoms with Gasteiger partial charge in [-0.05, 0) is 27.6 Å². The van der Waals surface area contributed by atoms with E-state index in [1.165, 1.54) is 12.1 Å². The van der Waals surface area contributed by atoms with Crippen LogP contribution in [0.2, 0.25) is 0 Å². The minimum Gasteiger partial charge on any atom is -0.445 e. The molecule has 0 N–H and O–H groups in total. The van der Waals surface area contributed by atoms with Crippen LogP contribution in [-0.4, -0.2) is 6.98 Å². The molecule has 0 spiro atoms. The van der Waals surface area contributed by atoms with Gasteiger partial charge in [0, 0.05) is 0 Å². The Balaban J connectivity index is 2.58. The van der Waals surface area contributed by atoms with Gasteiger partial charge in [-0.3, -0.25) is 0 Å². The molecule has 4 heteroatoms. The average molecular weight is 245 g/mol. The maximum Gasteiger partial charge on any atom is 0.510 e. The van der Waals surface area contributed by atoms with E-state index in [2.05, 4.69) is 0 Å². The number of hydrogen-bond acceptors (Lipinski definition) is 0. The molecule has 0 heterocycles. The standard InChI is InChI=1S/C14H9BF3/c16-15(17,18)14-12-7-3-1-5-10(12)9-11-6-2-4-8-13(11)14/h1-9H/q-1. The first-order chi connectivity index (χ1) is 8.57. The number of hydrogen-bond donors (Lipinski definition) is 0. The summed E-state index contributed by atoms with van der Waals surface area (Å²) >= 11 is 0. The third-order valence-electron chi connectivity index (χ3n) is 3.14. The SMILES string of the molecule is F[B-](F)(F)c1c2ccccc2cc2ccccc12. The lowest BCUT2D eigenvalue weighted by Gasteiger charge is -2.20. The Morgan fingerprint density at radius 3 is 1.56 bits per heavy atom. The van der Waals surface area contributed by atoms with Crippen molar-refractivity contribution in [1.82, 2.24) is 0 Å². The van der Waals surface area contributed by atoms with Crippen LogP contribution in [0.1, 0.15) is 0 Å². The molecule has 0 aliphatic rings. The quantitative estimate of drug-likeness (QED) is 0.448. The second kappa shape index (κ2) is 3.77. The van der Waals surface area contributed by atoms with Crippen molar-refractivity contribution in [3.8, 4) is 0 Å². The van der Waals surface area contributed by atoms with Crippen LogP contribution >= 0.6 is 0 Å². The molecule has 0 fully saturated rings. The number of benzene rings is 3. The van der Waals surface area contributed by atoms with Crippen molar-refractivity contribution in [2.45, 2.75) is 0 Å². The van der Waals surface area contributed by atoms with Gasteiger partial charge in [-0.2, -0.15) is 0 Å². The zero-order valence-electron chi connectivity index (χ0n) is 9.41. The molecule has 0 nitrogen and oxygen atoms in total. The second-order valence-corrected chi connectivity index (χ2v) is 4.31. The van der Waals surface area contributed by atoms with E-state index in [1.54, 1.807) is 42.5 Å². The molecule has 0 aliphatic heterocycles. The van der Waals surface area contributed by atoms with Gasteiger partial charge in [-0.1, -0.05) is 54.0 Å². The second-order valence-electron chi connectivity index (χ2n) is 4.31. The summed E-state index contributed by atoms with van der Waals surface area (Å²) in [5.41, 5.74) is -0.483. The first-order valence-electron chi connectivity index (χ1n) is 5.68. The lowest BCUT2D eigenvalue weighted by molar-refractivity contribution is 0.502. The van der Waals surface area contributed by atoms with Crippen molar-refractivity contribution in [2.24, 2.45) is 0 Å². The third-order valence-corrected chi connectivity index (χ3v) is 3.14. The molecule has 0 aliphatic carbocycles. The zero-order valence-corrected chi connectivity index (χ0v) is 9.41. The van der Waals surface area contributed by atoms with Crippen molar-refractivity contribution in [3.05, 3.63) is 54.6 Å². The molecule has 90 valence electrons. The summed E-state index contributed by atoms with van der Waals surface area (Å²) in [5.74, 6) is 0. The van der Waals surface area contributed by atoms with E-state index in [4.69, 9.17) is 0 Å². The van der Waals surface area contributed by atoms with Crippen LogP contribution in [0.25, 0.3) is 21.5 Å². The highest BCUT2D eigenvalue weighted by Gasteiger charge is 2.29. The maximum atomic E-state index is 13.3. The fraction of sp³-hybridized carbons (Fsp3) is 0. The molecule has 0 saturated carbocycles. The fourth-order valence-electron chi connectivity index (χ4n) is 2.40. The van der Waals surface area contributed by atoms with Gasteiger partial charge >= 0.3 is 6.98 Å². The molecule has 3 aromatic carbocycles. The van der Waals surface area contributed by atoms with E-state index in [0.29, 0.717) is 10.8 Å². The largest absolute Gasteiger partial charge is 0.510 e. The van der Waals surface area contributed by atoms with Gasteiger partial charge in [-0.25, -0.2) is 0 Å².